The molecular formula is C80H104ClN17O13. The van der Waals surface area contributed by atoms with Gasteiger partial charge in [0.2, 0.25) is 59.1 Å². The summed E-state index contributed by atoms with van der Waals surface area (Å²) >= 11 is 6.28. The minimum absolute atomic E-state index is 0.00514. The van der Waals surface area contributed by atoms with E-state index in [9.17, 15) is 48.3 Å². The number of nitrogens with zero attached hydrogens (tertiary/aromatic N) is 3. The third-order valence-electron chi connectivity index (χ3n) is 19.3. The summed E-state index contributed by atoms with van der Waals surface area (Å²) in [5.74, 6) is -8.76. The summed E-state index contributed by atoms with van der Waals surface area (Å²) in [5.41, 5.74) is 21.4. The van der Waals surface area contributed by atoms with Crippen LogP contribution in [0.1, 0.15) is 86.3 Å². The van der Waals surface area contributed by atoms with Gasteiger partial charge < -0.3 is 90.0 Å². The van der Waals surface area contributed by atoms with Gasteiger partial charge in [0.25, 0.3) is 0 Å². The van der Waals surface area contributed by atoms with Crippen LogP contribution in [0.25, 0.3) is 10.8 Å². The Bertz CT molecular complexity index is 4180. The molecule has 0 spiro atoms. The minimum Gasteiger partial charge on any atom is -0.394 e. The van der Waals surface area contributed by atoms with E-state index in [0.717, 1.165) is 22.0 Å². The average molecular weight is 1550 g/mol. The van der Waals surface area contributed by atoms with Crippen molar-refractivity contribution in [2.45, 2.75) is 152 Å². The lowest BCUT2D eigenvalue weighted by molar-refractivity contribution is -0.142. The van der Waals surface area contributed by atoms with Gasteiger partial charge >= 0.3 is 6.03 Å². The number of likely N-dealkylation sites (tertiary alicyclic amines) is 1. The van der Waals surface area contributed by atoms with Crippen LogP contribution in [0.3, 0.4) is 0 Å². The fourth-order valence-electron chi connectivity index (χ4n) is 13.3. The molecule has 0 saturated carbocycles. The van der Waals surface area contributed by atoms with E-state index in [0.29, 0.717) is 72.1 Å². The molecule has 2 aliphatic heterocycles. The van der Waals surface area contributed by atoms with Gasteiger partial charge in [0.1, 0.15) is 60.4 Å². The summed E-state index contributed by atoms with van der Waals surface area (Å²) < 4.78 is 5.56. The molecule has 31 heteroatoms. The number of aliphatic hydroxyl groups is 1. The molecule has 2 saturated heterocycles. The number of anilines is 1. The molecule has 2 aliphatic rings. The monoisotopic (exact) mass is 1550 g/mol. The van der Waals surface area contributed by atoms with E-state index in [1.54, 1.807) is 84.9 Å². The van der Waals surface area contributed by atoms with Gasteiger partial charge in [-0.3, -0.25) is 58.3 Å². The van der Waals surface area contributed by atoms with E-state index in [1.165, 1.54) is 11.8 Å². The largest absolute Gasteiger partial charge is 0.394 e. The molecule has 8 rings (SSSR count). The number of aliphatic hydroxyl groups excluding tert-OH is 1. The summed E-state index contributed by atoms with van der Waals surface area (Å²) in [6, 6.07) is 27.8. The van der Waals surface area contributed by atoms with E-state index < -0.39 is 132 Å². The van der Waals surface area contributed by atoms with Crippen molar-refractivity contribution in [3.8, 4) is 0 Å². The Kier molecular flexibility index (Phi) is 32.4. The van der Waals surface area contributed by atoms with Gasteiger partial charge in [0.05, 0.1) is 19.8 Å². The molecular weight excluding hydrogens is 1440 g/mol. The van der Waals surface area contributed by atoms with Crippen LogP contribution in [-0.4, -0.2) is 206 Å². The van der Waals surface area contributed by atoms with Crippen molar-refractivity contribution in [3.63, 3.8) is 0 Å². The van der Waals surface area contributed by atoms with Gasteiger partial charge in [-0.25, -0.2) is 4.79 Å². The van der Waals surface area contributed by atoms with Gasteiger partial charge in [-0.2, -0.15) is 0 Å². The van der Waals surface area contributed by atoms with Crippen molar-refractivity contribution in [2.75, 3.05) is 65.0 Å². The van der Waals surface area contributed by atoms with Crippen molar-refractivity contribution in [1.29, 1.82) is 5.41 Å². The highest BCUT2D eigenvalue weighted by Crippen LogP contribution is 2.24. The van der Waals surface area contributed by atoms with Crippen molar-refractivity contribution >= 4 is 99.1 Å². The second-order valence-corrected chi connectivity index (χ2v) is 29.1. The number of halogens is 1. The number of amides is 12. The van der Waals surface area contributed by atoms with Crippen LogP contribution in [-0.2, 0) is 91.3 Å². The van der Waals surface area contributed by atoms with Crippen molar-refractivity contribution in [2.24, 2.45) is 23.1 Å². The molecule has 594 valence electrons. The minimum atomic E-state index is -1.80. The molecule has 0 unspecified atom stereocenters. The summed E-state index contributed by atoms with van der Waals surface area (Å²) in [7, 11) is 3.70. The predicted octanol–water partition coefficient (Wildman–Crippen LogP) is 1.62. The molecule has 2 heterocycles. The third-order valence-corrected chi connectivity index (χ3v) is 19.6. The number of guanidine groups is 1. The molecule has 0 radical (unpaired) electrons. The third kappa shape index (κ3) is 26.5. The van der Waals surface area contributed by atoms with Gasteiger partial charge in [-0.15, -0.1) is 0 Å². The van der Waals surface area contributed by atoms with Crippen LogP contribution in [0.5, 0.6) is 0 Å². The molecule has 6 aromatic carbocycles. The van der Waals surface area contributed by atoms with E-state index in [1.807, 2.05) is 93.5 Å². The fourth-order valence-corrected chi connectivity index (χ4v) is 13.4. The molecule has 111 heavy (non-hydrogen) atoms. The Hall–Kier alpha value is -11.2. The molecule has 12 amide bonds. The molecule has 18 N–H and O–H groups in total. The predicted molar refractivity (Wildman–Crippen MR) is 421 cm³/mol. The SMILES string of the molecule is CC(C)C[C@H](NC(=O)[C@@H](Cc1ccc(N(C)C)cc1)NC(=O)[C@H](Cc1ccc(CN2CCOCC2)cc1)NC(=O)[C@H](CO)NC(=O)[C@@H](Cc1ccccc1)NC(=O)[C@@H](Cc1ccc(Cl)cc1)NC(=O)[C@@H](Cc1cccc2ccccc12)NC(N)=O)C(=O)N[C@@H](CCCNC(=N)N)C(=O)N1CCC[C@H]1C(=O)N[C@H](C)C(N)=O. The number of primary amides is 2. The number of carbonyl (C=O) groups is 11. The Morgan fingerprint density at radius 3 is 1.51 bits per heavy atom. The highest BCUT2D eigenvalue weighted by molar-refractivity contribution is 6.30. The first-order valence-electron chi connectivity index (χ1n) is 37.3. The van der Waals surface area contributed by atoms with Crippen molar-refractivity contribution in [3.05, 3.63) is 184 Å². The first-order chi connectivity index (χ1) is 53.1. The lowest BCUT2D eigenvalue weighted by atomic mass is 9.97. The lowest BCUT2D eigenvalue weighted by Gasteiger charge is -2.31. The zero-order chi connectivity index (χ0) is 80.3. The van der Waals surface area contributed by atoms with Crippen LogP contribution < -0.4 is 75.3 Å². The Labute approximate surface area is 651 Å². The van der Waals surface area contributed by atoms with E-state index in [-0.39, 0.29) is 82.8 Å². The second kappa shape index (κ2) is 42.1. The summed E-state index contributed by atoms with van der Waals surface area (Å²) in [6.45, 7) is 7.47. The van der Waals surface area contributed by atoms with E-state index in [2.05, 4.69) is 58.1 Å². The topological polar surface area (TPSA) is 449 Å². The summed E-state index contributed by atoms with van der Waals surface area (Å²) in [6.07, 6.45) is 0.166. The molecule has 30 nitrogen and oxygen atoms in total. The first-order valence-corrected chi connectivity index (χ1v) is 37.7. The maximum absolute atomic E-state index is 15.4. The lowest BCUT2D eigenvalue weighted by Crippen LogP contribution is -2.62. The normalized spacial score (nSPS) is 16.0. The van der Waals surface area contributed by atoms with Crippen LogP contribution in [0.4, 0.5) is 10.5 Å². The second-order valence-electron chi connectivity index (χ2n) is 28.6. The number of urea groups is 1. The Morgan fingerprint density at radius 1 is 0.532 bits per heavy atom. The van der Waals surface area contributed by atoms with Crippen LogP contribution in [0.2, 0.25) is 5.02 Å². The van der Waals surface area contributed by atoms with Crippen molar-refractivity contribution < 1.29 is 62.6 Å². The highest BCUT2D eigenvalue weighted by Gasteiger charge is 2.41. The standard InChI is InChI=1S/C80H104ClN17O13/c1-48(2)40-61(70(101)88-60(20-12-34-86-79(83)84)78(109)98-35-13-21-68(98)77(108)87-49(3)69(82)100)89-71(102)64(44-53-28-32-58(33-29-53)96(4)5)91-73(104)65(42-51-22-24-54(25-23-51)46-97-36-38-111-39-37-97)93-76(107)67(47-99)94-74(105)62(41-50-14-7-6-8-15-50)90-72(103)63(43-52-26-30-57(81)31-27-52)92-75(106)66(95-80(85)110)45-56-18-11-17-55-16-9-10-19-59(55)56/h6-11,14-19,22-33,48-49,60-68,99H,12-13,20-21,34-47H2,1-5H3,(H2,82,100)(H,87,108)(H,88,101)(H,89,102)(H,90,103)(H,91,104)(H,92,106)(H,93,107)(H,94,105)(H4,83,84,86)(H3,85,95,110)/t49-,60+,61+,62-,63-,64-,65+,66-,67+,68+/m1/s1. The molecule has 10 atom stereocenters. The maximum Gasteiger partial charge on any atom is 0.312 e. The first kappa shape index (κ1) is 85.4. The highest BCUT2D eigenvalue weighted by atomic mass is 35.5. The Balaban J connectivity index is 1.08. The van der Waals surface area contributed by atoms with Gasteiger partial charge in [0, 0.05) is 89.6 Å². The summed E-state index contributed by atoms with van der Waals surface area (Å²) in [4.78, 5) is 163. The smallest absolute Gasteiger partial charge is 0.312 e. The number of morpholine rings is 1. The molecule has 0 bridgehead atoms. The van der Waals surface area contributed by atoms with Gasteiger partial charge in [0.15, 0.2) is 5.96 Å². The molecule has 2 fully saturated rings. The number of hydrogen-bond donors (Lipinski definition) is 15. The molecule has 0 aromatic heterocycles. The van der Waals surface area contributed by atoms with E-state index >= 15 is 9.59 Å². The fraction of sp³-hybridized carbons (Fsp3) is 0.425. The van der Waals surface area contributed by atoms with Crippen LogP contribution in [0, 0.1) is 11.3 Å². The number of nitrogens with one attached hydrogen (secondary N) is 11. The average Bonchev–Trinajstić information content (AvgIpc) is 1.78. The number of fused-ring (bicyclic) bond motifs is 1. The van der Waals surface area contributed by atoms with Gasteiger partial charge in [-0.1, -0.05) is 147 Å². The van der Waals surface area contributed by atoms with E-state index in [4.69, 9.17) is 38.9 Å². The number of nitrogens with two attached hydrogens (primary N) is 3. The maximum atomic E-state index is 15.4. The number of benzene rings is 6. The van der Waals surface area contributed by atoms with Gasteiger partial charge in [-0.05, 0) is 113 Å². The summed E-state index contributed by atoms with van der Waals surface area (Å²) in [5, 5.41) is 48.1. The number of ether oxygens (including phenoxy) is 1. The number of rotatable bonds is 39. The van der Waals surface area contributed by atoms with Crippen LogP contribution in [0.15, 0.2) is 146 Å². The zero-order valence-corrected chi connectivity index (χ0v) is 64.0. The molecule has 0 aliphatic carbocycles. The zero-order valence-electron chi connectivity index (χ0n) is 63.2. The number of carbonyl (C=O) groups excluding carboxylic acids is 11. The quantitative estimate of drug-likeness (QED) is 0.0148. The number of hydrogen-bond acceptors (Lipinski definition) is 16. The molecule has 6 aromatic rings. The van der Waals surface area contributed by atoms with Crippen molar-refractivity contribution in [1.82, 2.24) is 63.0 Å². The Morgan fingerprint density at radius 2 is 0.991 bits per heavy atom. The van der Waals surface area contributed by atoms with Crippen LogP contribution >= 0.6 is 11.6 Å².